The zero-order valence-corrected chi connectivity index (χ0v) is 15.6. The largest absolute Gasteiger partial charge is 0.489 e. The highest BCUT2D eigenvalue weighted by atomic mass is 16.5. The third-order valence-electron chi connectivity index (χ3n) is 4.42. The molecule has 5 rings (SSSR count). The van der Waals surface area contributed by atoms with Crippen molar-refractivity contribution in [3.63, 3.8) is 0 Å². The highest BCUT2D eigenvalue weighted by molar-refractivity contribution is 5.37. The average molecular weight is 374 g/mol. The second-order valence-corrected chi connectivity index (χ2v) is 6.59. The first-order chi connectivity index (χ1) is 13.8. The van der Waals surface area contributed by atoms with Gasteiger partial charge in [0.05, 0.1) is 0 Å². The Bertz CT molecular complexity index is 870. The quantitative estimate of drug-likeness (QED) is 0.509. The van der Waals surface area contributed by atoms with E-state index in [1.807, 2.05) is 72.8 Å². The molecule has 2 heterocycles. The van der Waals surface area contributed by atoms with Gasteiger partial charge in [0.15, 0.2) is 0 Å². The Hall–Kier alpha value is -3.40. The first-order valence-corrected chi connectivity index (χ1v) is 9.22. The van der Waals surface area contributed by atoms with Crippen LogP contribution in [0.25, 0.3) is 0 Å². The van der Waals surface area contributed by atoms with Crippen LogP contribution in [0.5, 0.6) is 23.0 Å². The first kappa shape index (κ1) is 18.0. The van der Waals surface area contributed by atoms with Gasteiger partial charge in [-0.05, 0) is 42.0 Å². The minimum absolute atomic E-state index is 0.379. The van der Waals surface area contributed by atoms with E-state index >= 15 is 0 Å². The lowest BCUT2D eigenvalue weighted by Crippen LogP contribution is -2.11. The van der Waals surface area contributed by atoms with Crippen molar-refractivity contribution in [3.8, 4) is 23.0 Å². The van der Waals surface area contributed by atoms with E-state index in [0.717, 1.165) is 39.7 Å². The van der Waals surface area contributed by atoms with Gasteiger partial charge >= 0.3 is 0 Å². The van der Waals surface area contributed by atoms with Gasteiger partial charge in [0.1, 0.15) is 49.4 Å². The summed E-state index contributed by atoms with van der Waals surface area (Å²) in [4.78, 5) is 0. The highest BCUT2D eigenvalue weighted by Crippen LogP contribution is 2.25. The molecule has 0 aliphatic carbocycles. The van der Waals surface area contributed by atoms with E-state index in [-0.39, 0.29) is 0 Å². The second kappa shape index (κ2) is 8.53. The fourth-order valence-electron chi connectivity index (χ4n) is 2.88. The van der Waals surface area contributed by atoms with Crippen LogP contribution >= 0.6 is 0 Å². The zero-order valence-electron chi connectivity index (χ0n) is 15.6. The Morgan fingerprint density at radius 2 is 0.929 bits per heavy atom. The van der Waals surface area contributed by atoms with Crippen LogP contribution < -0.4 is 18.9 Å². The molecule has 3 aromatic carbocycles. The first-order valence-electron chi connectivity index (χ1n) is 9.22. The normalized spacial score (nSPS) is 14.4. The predicted octanol–water partition coefficient (Wildman–Crippen LogP) is 5.17. The van der Waals surface area contributed by atoms with E-state index in [0.29, 0.717) is 26.4 Å². The number of fused-ring (bicyclic) bond motifs is 8. The lowest BCUT2D eigenvalue weighted by atomic mass is 10.2. The maximum absolute atomic E-state index is 5.96. The van der Waals surface area contributed by atoms with Crippen LogP contribution in [-0.2, 0) is 13.2 Å². The highest BCUT2D eigenvalue weighted by Gasteiger charge is 2.09. The molecule has 2 aliphatic heterocycles. The fraction of sp³-hybridized carbons (Fsp3) is 0.167. The molecule has 0 aromatic heterocycles. The van der Waals surface area contributed by atoms with Crippen LogP contribution in [0.15, 0.2) is 84.9 Å². The summed E-state index contributed by atoms with van der Waals surface area (Å²) in [6.45, 7) is 5.67. The number of benzene rings is 3. The number of ether oxygens (including phenoxy) is 4. The summed E-state index contributed by atoms with van der Waals surface area (Å²) in [6.07, 6.45) is 0. The molecule has 2 aliphatic rings. The Kier molecular flexibility index (Phi) is 5.48. The summed E-state index contributed by atoms with van der Waals surface area (Å²) in [5.41, 5.74) is 2.81. The Morgan fingerprint density at radius 1 is 0.500 bits per heavy atom. The van der Waals surface area contributed by atoms with Crippen molar-refractivity contribution in [1.29, 1.82) is 0 Å². The molecule has 0 unspecified atom stereocenters. The van der Waals surface area contributed by atoms with Crippen molar-refractivity contribution >= 4 is 0 Å². The maximum atomic E-state index is 5.96. The lowest BCUT2D eigenvalue weighted by Gasteiger charge is -2.15. The molecule has 0 fully saturated rings. The average Bonchev–Trinajstić information content (AvgIpc) is 2.75. The third-order valence-corrected chi connectivity index (χ3v) is 4.42. The van der Waals surface area contributed by atoms with E-state index in [1.54, 1.807) is 0 Å². The van der Waals surface area contributed by atoms with Gasteiger partial charge in [-0.3, -0.25) is 0 Å². The second-order valence-electron chi connectivity index (χ2n) is 6.59. The summed E-state index contributed by atoms with van der Waals surface area (Å²) in [5.74, 6) is 3.13. The molecule has 2 bridgehead atoms. The van der Waals surface area contributed by atoms with Gasteiger partial charge in [-0.15, -0.1) is 0 Å². The SMILES string of the molecule is C=C1COc2ccccc2COc2ccc(cc2)OCc2ccccc2OC1. The monoisotopic (exact) mass is 374 g/mol. The maximum Gasteiger partial charge on any atom is 0.126 e. The van der Waals surface area contributed by atoms with Gasteiger partial charge in [-0.25, -0.2) is 0 Å². The molecule has 28 heavy (non-hydrogen) atoms. The van der Waals surface area contributed by atoms with Gasteiger partial charge < -0.3 is 18.9 Å². The smallest absolute Gasteiger partial charge is 0.126 e. The topological polar surface area (TPSA) is 36.9 Å². The summed E-state index contributed by atoms with van der Waals surface area (Å²) in [5, 5.41) is 0. The fourth-order valence-corrected chi connectivity index (χ4v) is 2.88. The van der Waals surface area contributed by atoms with Crippen LogP contribution in [0.1, 0.15) is 11.1 Å². The molecule has 4 heteroatoms. The predicted molar refractivity (Wildman–Crippen MR) is 108 cm³/mol. The van der Waals surface area contributed by atoms with E-state index in [4.69, 9.17) is 18.9 Å². The molecule has 0 saturated heterocycles. The van der Waals surface area contributed by atoms with E-state index in [1.165, 1.54) is 0 Å². The molecule has 0 saturated carbocycles. The zero-order chi connectivity index (χ0) is 19.2. The van der Waals surface area contributed by atoms with E-state index in [9.17, 15) is 0 Å². The number of rotatable bonds is 0. The minimum Gasteiger partial charge on any atom is -0.489 e. The van der Waals surface area contributed by atoms with E-state index < -0.39 is 0 Å². The van der Waals surface area contributed by atoms with Crippen molar-refractivity contribution < 1.29 is 18.9 Å². The van der Waals surface area contributed by atoms with Crippen molar-refractivity contribution in [3.05, 3.63) is 96.1 Å². The summed E-state index contributed by atoms with van der Waals surface area (Å²) >= 11 is 0. The summed E-state index contributed by atoms with van der Waals surface area (Å²) < 4.78 is 23.7. The molecule has 3 aromatic rings. The van der Waals surface area contributed by atoms with Gasteiger partial charge in [0.25, 0.3) is 0 Å². The van der Waals surface area contributed by atoms with Crippen molar-refractivity contribution in [2.45, 2.75) is 13.2 Å². The van der Waals surface area contributed by atoms with Crippen LogP contribution in [0.4, 0.5) is 0 Å². The van der Waals surface area contributed by atoms with Crippen LogP contribution in [0.2, 0.25) is 0 Å². The number of hydrogen-bond acceptors (Lipinski definition) is 4. The van der Waals surface area contributed by atoms with Crippen molar-refractivity contribution in [1.82, 2.24) is 0 Å². The van der Waals surface area contributed by atoms with Gasteiger partial charge in [0.2, 0.25) is 0 Å². The standard InChI is InChI=1S/C24H22O4/c1-18-14-27-23-8-4-2-6-19(23)16-25-21-10-12-22(13-11-21)26-17-20-7-3-5-9-24(20)28-15-18/h2-13H,1,14-17H2. The number of hydrogen-bond donors (Lipinski definition) is 0. The van der Waals surface area contributed by atoms with Crippen molar-refractivity contribution in [2.75, 3.05) is 13.2 Å². The van der Waals surface area contributed by atoms with Gasteiger partial charge in [0, 0.05) is 11.1 Å². The molecule has 0 atom stereocenters. The molecule has 0 N–H and O–H groups in total. The molecule has 0 amide bonds. The summed E-state index contributed by atoms with van der Waals surface area (Å²) in [6, 6.07) is 23.3. The van der Waals surface area contributed by atoms with Crippen molar-refractivity contribution in [2.24, 2.45) is 0 Å². The molecular formula is C24H22O4. The van der Waals surface area contributed by atoms with Crippen LogP contribution in [-0.4, -0.2) is 13.2 Å². The molecular weight excluding hydrogens is 352 g/mol. The molecule has 0 spiro atoms. The van der Waals surface area contributed by atoms with E-state index in [2.05, 4.69) is 6.58 Å². The minimum atomic E-state index is 0.379. The molecule has 4 nitrogen and oxygen atoms in total. The number of para-hydroxylation sites is 2. The Labute approximate surface area is 164 Å². The van der Waals surface area contributed by atoms with Crippen LogP contribution in [0, 0.1) is 0 Å². The Balaban J connectivity index is 1.60. The van der Waals surface area contributed by atoms with Gasteiger partial charge in [-0.1, -0.05) is 43.0 Å². The Morgan fingerprint density at radius 3 is 1.39 bits per heavy atom. The third kappa shape index (κ3) is 4.46. The van der Waals surface area contributed by atoms with Gasteiger partial charge in [-0.2, -0.15) is 0 Å². The van der Waals surface area contributed by atoms with Crippen LogP contribution in [0.3, 0.4) is 0 Å². The molecule has 142 valence electrons. The lowest BCUT2D eigenvalue weighted by molar-refractivity contribution is 0.275. The summed E-state index contributed by atoms with van der Waals surface area (Å²) in [7, 11) is 0. The molecule has 0 radical (unpaired) electrons.